The molecule has 0 radical (unpaired) electrons. The minimum absolute atomic E-state index is 0.0615. The van der Waals surface area contributed by atoms with Gasteiger partial charge in [-0.3, -0.25) is 14.6 Å². The summed E-state index contributed by atoms with van der Waals surface area (Å²) in [6.07, 6.45) is 1.45. The molecular formula is C18H18Cl2N4O2. The van der Waals surface area contributed by atoms with Gasteiger partial charge in [-0.25, -0.2) is 0 Å². The molecule has 1 aliphatic rings. The summed E-state index contributed by atoms with van der Waals surface area (Å²) >= 11 is 11.7. The molecule has 26 heavy (non-hydrogen) atoms. The molecule has 0 unspecified atom stereocenters. The Kier molecular flexibility index (Phi) is 5.96. The maximum atomic E-state index is 12.3. The predicted molar refractivity (Wildman–Crippen MR) is 102 cm³/mol. The van der Waals surface area contributed by atoms with E-state index in [1.165, 1.54) is 12.3 Å². The van der Waals surface area contributed by atoms with E-state index in [9.17, 15) is 9.59 Å². The number of pyridine rings is 1. The van der Waals surface area contributed by atoms with Gasteiger partial charge in [0.25, 0.3) is 5.91 Å². The maximum absolute atomic E-state index is 12.3. The van der Waals surface area contributed by atoms with Gasteiger partial charge in [0.1, 0.15) is 5.69 Å². The Labute approximate surface area is 161 Å². The molecule has 3 rings (SSSR count). The second-order valence-corrected chi connectivity index (χ2v) is 6.76. The number of carbonyl (C=O) groups is 2. The highest BCUT2D eigenvalue weighted by atomic mass is 35.5. The summed E-state index contributed by atoms with van der Waals surface area (Å²) < 4.78 is 0. The fraction of sp³-hybridized carbons (Fsp3) is 0.278. The van der Waals surface area contributed by atoms with Gasteiger partial charge in [-0.1, -0.05) is 23.2 Å². The third kappa shape index (κ3) is 4.65. The van der Waals surface area contributed by atoms with E-state index in [2.05, 4.69) is 15.2 Å². The van der Waals surface area contributed by atoms with Crippen molar-refractivity contribution in [3.63, 3.8) is 0 Å². The van der Waals surface area contributed by atoms with Crippen LogP contribution in [0.5, 0.6) is 0 Å². The van der Waals surface area contributed by atoms with Crippen LogP contribution >= 0.6 is 23.2 Å². The Bertz CT molecular complexity index is 790. The number of amides is 2. The Morgan fingerprint density at radius 2 is 1.69 bits per heavy atom. The fourth-order valence-corrected chi connectivity index (χ4v) is 3.04. The third-order valence-electron chi connectivity index (χ3n) is 4.18. The smallest absolute Gasteiger partial charge is 0.270 e. The highest BCUT2D eigenvalue weighted by Crippen LogP contribution is 2.19. The predicted octanol–water partition coefficient (Wildman–Crippen LogP) is 2.47. The summed E-state index contributed by atoms with van der Waals surface area (Å²) in [7, 11) is 0. The zero-order valence-electron chi connectivity index (χ0n) is 14.0. The molecule has 2 amide bonds. The van der Waals surface area contributed by atoms with Crippen molar-refractivity contribution in [2.45, 2.75) is 0 Å². The van der Waals surface area contributed by atoms with Gasteiger partial charge in [-0.15, -0.1) is 0 Å². The molecule has 2 heterocycles. The number of hydrogen-bond donors (Lipinski definition) is 1. The second-order valence-electron chi connectivity index (χ2n) is 5.89. The Balaban J connectivity index is 1.47. The first-order chi connectivity index (χ1) is 12.5. The first kappa shape index (κ1) is 18.5. The lowest BCUT2D eigenvalue weighted by atomic mass is 10.2. The Morgan fingerprint density at radius 3 is 2.35 bits per heavy atom. The minimum Gasteiger partial charge on any atom is -0.368 e. The van der Waals surface area contributed by atoms with Gasteiger partial charge in [0.05, 0.1) is 6.54 Å². The lowest BCUT2D eigenvalue weighted by Crippen LogP contribution is -2.51. The average molecular weight is 393 g/mol. The highest BCUT2D eigenvalue weighted by Gasteiger charge is 2.21. The van der Waals surface area contributed by atoms with Crippen LogP contribution < -0.4 is 10.2 Å². The first-order valence-corrected chi connectivity index (χ1v) is 8.96. The van der Waals surface area contributed by atoms with Crippen LogP contribution in [0.4, 0.5) is 5.69 Å². The van der Waals surface area contributed by atoms with E-state index in [1.54, 1.807) is 11.0 Å². The standard InChI is InChI=1S/C18H18Cl2N4O2/c19-13-1-3-15(4-2-13)23-7-9-24(10-8-23)17(25)12-22-18(26)16-11-14(20)5-6-21-16/h1-6,11H,7-10,12H2,(H,22,26). The van der Waals surface area contributed by atoms with E-state index in [0.717, 1.165) is 18.8 Å². The summed E-state index contributed by atoms with van der Waals surface area (Å²) in [5.74, 6) is -0.531. The van der Waals surface area contributed by atoms with Gasteiger partial charge in [0.15, 0.2) is 0 Å². The SMILES string of the molecule is O=C(NCC(=O)N1CCN(c2ccc(Cl)cc2)CC1)c1cc(Cl)ccn1. The van der Waals surface area contributed by atoms with Crippen LogP contribution in [0.1, 0.15) is 10.5 Å². The molecule has 8 heteroatoms. The molecule has 0 saturated carbocycles. The Hall–Kier alpha value is -2.31. The van der Waals surface area contributed by atoms with Crippen molar-refractivity contribution in [1.29, 1.82) is 0 Å². The van der Waals surface area contributed by atoms with Crippen LogP contribution in [0.15, 0.2) is 42.6 Å². The van der Waals surface area contributed by atoms with E-state index in [4.69, 9.17) is 23.2 Å². The number of anilines is 1. The van der Waals surface area contributed by atoms with Crippen LogP contribution in [0.25, 0.3) is 0 Å². The van der Waals surface area contributed by atoms with Gasteiger partial charge in [-0.05, 0) is 36.4 Å². The van der Waals surface area contributed by atoms with Crippen molar-refractivity contribution >= 4 is 40.7 Å². The molecule has 0 aliphatic carbocycles. The van der Waals surface area contributed by atoms with Crippen LogP contribution in [-0.4, -0.2) is 54.4 Å². The molecule has 0 bridgehead atoms. The summed E-state index contributed by atoms with van der Waals surface area (Å²) in [6.45, 7) is 2.61. The van der Waals surface area contributed by atoms with E-state index >= 15 is 0 Å². The topological polar surface area (TPSA) is 65.5 Å². The molecule has 1 aromatic carbocycles. The number of halogens is 2. The number of carbonyl (C=O) groups excluding carboxylic acids is 2. The summed E-state index contributed by atoms with van der Waals surface area (Å²) in [6, 6.07) is 10.7. The quantitative estimate of drug-likeness (QED) is 0.867. The van der Waals surface area contributed by atoms with E-state index in [-0.39, 0.29) is 18.1 Å². The lowest BCUT2D eigenvalue weighted by Gasteiger charge is -2.36. The zero-order valence-corrected chi connectivity index (χ0v) is 15.5. The lowest BCUT2D eigenvalue weighted by molar-refractivity contribution is -0.130. The Morgan fingerprint density at radius 1 is 1.00 bits per heavy atom. The molecule has 2 aromatic rings. The van der Waals surface area contributed by atoms with Gasteiger partial charge < -0.3 is 15.1 Å². The van der Waals surface area contributed by atoms with Gasteiger partial charge in [0, 0.05) is 48.1 Å². The van der Waals surface area contributed by atoms with Gasteiger partial charge in [-0.2, -0.15) is 0 Å². The van der Waals surface area contributed by atoms with Crippen LogP contribution in [0.2, 0.25) is 10.0 Å². The van der Waals surface area contributed by atoms with Gasteiger partial charge >= 0.3 is 0 Å². The molecule has 0 spiro atoms. The number of nitrogens with one attached hydrogen (secondary N) is 1. The van der Waals surface area contributed by atoms with E-state index < -0.39 is 5.91 Å². The second kappa shape index (κ2) is 8.38. The molecule has 1 saturated heterocycles. The number of nitrogens with zero attached hydrogens (tertiary/aromatic N) is 3. The first-order valence-electron chi connectivity index (χ1n) is 8.21. The van der Waals surface area contributed by atoms with Gasteiger partial charge in [0.2, 0.25) is 5.91 Å². The number of aromatic nitrogens is 1. The molecule has 1 aliphatic heterocycles. The summed E-state index contributed by atoms with van der Waals surface area (Å²) in [5, 5.41) is 3.72. The highest BCUT2D eigenvalue weighted by molar-refractivity contribution is 6.31. The van der Waals surface area contributed by atoms with E-state index in [0.29, 0.717) is 23.1 Å². The molecule has 0 atom stereocenters. The maximum Gasteiger partial charge on any atom is 0.270 e. The summed E-state index contributed by atoms with van der Waals surface area (Å²) in [4.78, 5) is 32.2. The minimum atomic E-state index is -0.416. The monoisotopic (exact) mass is 392 g/mol. The number of rotatable bonds is 4. The van der Waals surface area contributed by atoms with Crippen molar-refractivity contribution in [3.05, 3.63) is 58.3 Å². The largest absolute Gasteiger partial charge is 0.368 e. The number of piperazine rings is 1. The van der Waals surface area contributed by atoms with Crippen molar-refractivity contribution in [2.24, 2.45) is 0 Å². The van der Waals surface area contributed by atoms with Crippen LogP contribution in [0.3, 0.4) is 0 Å². The molecule has 136 valence electrons. The average Bonchev–Trinajstić information content (AvgIpc) is 2.66. The summed E-state index contributed by atoms with van der Waals surface area (Å²) in [5.41, 5.74) is 1.28. The molecule has 1 N–H and O–H groups in total. The van der Waals surface area contributed by atoms with Crippen molar-refractivity contribution in [2.75, 3.05) is 37.6 Å². The van der Waals surface area contributed by atoms with E-state index in [1.807, 2.05) is 24.3 Å². The zero-order chi connectivity index (χ0) is 18.5. The number of benzene rings is 1. The van der Waals surface area contributed by atoms with Crippen molar-refractivity contribution < 1.29 is 9.59 Å². The molecule has 6 nitrogen and oxygen atoms in total. The van der Waals surface area contributed by atoms with Crippen LogP contribution in [0, 0.1) is 0 Å². The number of hydrogen-bond acceptors (Lipinski definition) is 4. The fourth-order valence-electron chi connectivity index (χ4n) is 2.75. The molecule has 1 aromatic heterocycles. The molecule has 1 fully saturated rings. The molecular weight excluding hydrogens is 375 g/mol. The van der Waals surface area contributed by atoms with Crippen molar-refractivity contribution in [1.82, 2.24) is 15.2 Å². The normalized spacial score (nSPS) is 14.2. The van der Waals surface area contributed by atoms with Crippen LogP contribution in [-0.2, 0) is 4.79 Å². The third-order valence-corrected chi connectivity index (χ3v) is 4.67. The van der Waals surface area contributed by atoms with Crippen molar-refractivity contribution in [3.8, 4) is 0 Å².